The predicted octanol–water partition coefficient (Wildman–Crippen LogP) is -0.123. The summed E-state index contributed by atoms with van der Waals surface area (Å²) in [7, 11) is 4.19. The second-order valence-corrected chi connectivity index (χ2v) is 4.48. The summed E-state index contributed by atoms with van der Waals surface area (Å²) in [6.07, 6.45) is 0. The fourth-order valence-corrected chi connectivity index (χ4v) is 2.32. The maximum absolute atomic E-state index is 9.00. The lowest BCUT2D eigenvalue weighted by Crippen LogP contribution is -2.44. The lowest BCUT2D eigenvalue weighted by Gasteiger charge is -2.31. The third kappa shape index (κ3) is 3.72. The van der Waals surface area contributed by atoms with Crippen LogP contribution in [0.4, 0.5) is 0 Å². The van der Waals surface area contributed by atoms with Crippen LogP contribution in [-0.2, 0) is 4.74 Å². The highest BCUT2D eigenvalue weighted by atomic mass is 16.5. The fourth-order valence-electron chi connectivity index (χ4n) is 2.32. The number of aliphatic hydroxyl groups is 1. The van der Waals surface area contributed by atoms with Crippen molar-refractivity contribution < 1.29 is 9.84 Å². The summed E-state index contributed by atoms with van der Waals surface area (Å²) in [4.78, 5) is 4.53. The van der Waals surface area contributed by atoms with Crippen LogP contribution in [0.5, 0.6) is 0 Å². The van der Waals surface area contributed by atoms with Crippen molar-refractivity contribution >= 4 is 0 Å². The van der Waals surface area contributed by atoms with E-state index in [-0.39, 0.29) is 6.61 Å². The Balaban J connectivity index is 2.49. The van der Waals surface area contributed by atoms with Gasteiger partial charge in [0, 0.05) is 25.0 Å². The number of hydrogen-bond donors (Lipinski definition) is 1. The minimum absolute atomic E-state index is 0.235. The Morgan fingerprint density at radius 2 is 2.07 bits per heavy atom. The van der Waals surface area contributed by atoms with Gasteiger partial charge in [-0.2, -0.15) is 0 Å². The van der Waals surface area contributed by atoms with Crippen molar-refractivity contribution in [2.45, 2.75) is 13.0 Å². The molecule has 0 spiro atoms. The molecule has 1 saturated heterocycles. The average molecular weight is 216 g/mol. The van der Waals surface area contributed by atoms with Gasteiger partial charge in [-0.1, -0.05) is 6.92 Å². The molecule has 1 heterocycles. The van der Waals surface area contributed by atoms with Crippen LogP contribution in [0.15, 0.2) is 0 Å². The van der Waals surface area contributed by atoms with E-state index in [1.54, 1.807) is 0 Å². The molecule has 0 aromatic carbocycles. The van der Waals surface area contributed by atoms with Crippen LogP contribution in [0.25, 0.3) is 0 Å². The highest BCUT2D eigenvalue weighted by molar-refractivity contribution is 4.84. The molecule has 2 atom stereocenters. The van der Waals surface area contributed by atoms with Crippen molar-refractivity contribution in [3.05, 3.63) is 0 Å². The zero-order valence-electron chi connectivity index (χ0n) is 10.1. The van der Waals surface area contributed by atoms with Crippen LogP contribution < -0.4 is 0 Å². The van der Waals surface area contributed by atoms with Gasteiger partial charge in [-0.25, -0.2) is 0 Å². The monoisotopic (exact) mass is 216 g/mol. The molecule has 0 amide bonds. The van der Waals surface area contributed by atoms with Crippen molar-refractivity contribution in [1.29, 1.82) is 0 Å². The highest BCUT2D eigenvalue weighted by Crippen LogP contribution is 2.19. The number of nitrogens with zero attached hydrogens (tertiary/aromatic N) is 2. The van der Waals surface area contributed by atoms with Gasteiger partial charge in [0.15, 0.2) is 0 Å². The Hall–Kier alpha value is -0.160. The van der Waals surface area contributed by atoms with E-state index in [1.165, 1.54) is 0 Å². The summed E-state index contributed by atoms with van der Waals surface area (Å²) in [5.74, 6) is 0.575. The smallest absolute Gasteiger partial charge is 0.0626 e. The average Bonchev–Trinajstić information content (AvgIpc) is 2.61. The molecule has 90 valence electrons. The van der Waals surface area contributed by atoms with E-state index in [0.717, 1.165) is 32.8 Å². The molecule has 1 fully saturated rings. The first-order valence-electron chi connectivity index (χ1n) is 5.76. The SMILES string of the molecule is CCN(CCO)C1COCC1CN(C)C. The van der Waals surface area contributed by atoms with E-state index in [0.29, 0.717) is 12.0 Å². The van der Waals surface area contributed by atoms with Crippen LogP contribution in [0.2, 0.25) is 0 Å². The van der Waals surface area contributed by atoms with Crippen LogP contribution in [0, 0.1) is 5.92 Å². The highest BCUT2D eigenvalue weighted by Gasteiger charge is 2.32. The number of likely N-dealkylation sites (N-methyl/N-ethyl adjacent to an activating group) is 1. The Morgan fingerprint density at radius 1 is 1.33 bits per heavy atom. The standard InChI is InChI=1S/C11H24N2O2/c1-4-13(5-6-14)11-9-15-8-10(11)7-12(2)3/h10-11,14H,4-9H2,1-3H3. The van der Waals surface area contributed by atoms with E-state index in [4.69, 9.17) is 9.84 Å². The Labute approximate surface area is 92.8 Å². The van der Waals surface area contributed by atoms with Gasteiger partial charge in [0.05, 0.1) is 19.8 Å². The molecule has 1 rings (SSSR count). The third-order valence-corrected chi connectivity index (χ3v) is 3.03. The first kappa shape index (κ1) is 12.9. The molecule has 0 aromatic rings. The zero-order chi connectivity index (χ0) is 11.3. The minimum atomic E-state index is 0.235. The molecular formula is C11H24N2O2. The van der Waals surface area contributed by atoms with E-state index >= 15 is 0 Å². The van der Waals surface area contributed by atoms with Gasteiger partial charge in [0.1, 0.15) is 0 Å². The Kier molecular flexibility index (Phi) is 5.53. The van der Waals surface area contributed by atoms with E-state index in [1.807, 2.05) is 0 Å². The molecule has 0 radical (unpaired) electrons. The second kappa shape index (κ2) is 6.43. The molecule has 15 heavy (non-hydrogen) atoms. The van der Waals surface area contributed by atoms with Gasteiger partial charge >= 0.3 is 0 Å². The summed E-state index contributed by atoms with van der Waals surface area (Å²) < 4.78 is 5.55. The maximum atomic E-state index is 9.00. The van der Waals surface area contributed by atoms with Crippen LogP contribution >= 0.6 is 0 Å². The summed E-state index contributed by atoms with van der Waals surface area (Å²) in [5.41, 5.74) is 0. The van der Waals surface area contributed by atoms with Gasteiger partial charge in [0.25, 0.3) is 0 Å². The summed E-state index contributed by atoms with van der Waals surface area (Å²) in [6.45, 7) is 6.84. The predicted molar refractivity (Wildman–Crippen MR) is 61.0 cm³/mol. The van der Waals surface area contributed by atoms with Crippen LogP contribution in [-0.4, -0.2) is 74.5 Å². The fraction of sp³-hybridized carbons (Fsp3) is 1.00. The molecule has 1 aliphatic rings. The number of ether oxygens (including phenoxy) is 1. The van der Waals surface area contributed by atoms with Gasteiger partial charge in [-0.05, 0) is 20.6 Å². The van der Waals surface area contributed by atoms with E-state index in [9.17, 15) is 0 Å². The Morgan fingerprint density at radius 3 is 2.60 bits per heavy atom. The molecule has 2 unspecified atom stereocenters. The van der Waals surface area contributed by atoms with Gasteiger partial charge in [-0.15, -0.1) is 0 Å². The van der Waals surface area contributed by atoms with Crippen molar-refractivity contribution in [3.8, 4) is 0 Å². The molecular weight excluding hydrogens is 192 g/mol. The van der Waals surface area contributed by atoms with Gasteiger partial charge in [-0.3, -0.25) is 4.90 Å². The normalized spacial score (nSPS) is 26.8. The molecule has 0 aliphatic carbocycles. The van der Waals surface area contributed by atoms with Crippen molar-refractivity contribution in [2.75, 3.05) is 53.6 Å². The van der Waals surface area contributed by atoms with Crippen LogP contribution in [0.1, 0.15) is 6.92 Å². The lowest BCUT2D eigenvalue weighted by molar-refractivity contribution is 0.118. The van der Waals surface area contributed by atoms with Gasteiger partial charge < -0.3 is 14.7 Å². The number of rotatable bonds is 6. The number of hydrogen-bond acceptors (Lipinski definition) is 4. The van der Waals surface area contributed by atoms with E-state index < -0.39 is 0 Å². The van der Waals surface area contributed by atoms with Crippen molar-refractivity contribution in [2.24, 2.45) is 5.92 Å². The van der Waals surface area contributed by atoms with Crippen molar-refractivity contribution in [1.82, 2.24) is 9.80 Å². The first-order valence-corrected chi connectivity index (χ1v) is 5.76. The van der Waals surface area contributed by atoms with E-state index in [2.05, 4.69) is 30.8 Å². The molecule has 4 heteroatoms. The zero-order valence-corrected chi connectivity index (χ0v) is 10.1. The van der Waals surface area contributed by atoms with Crippen molar-refractivity contribution in [3.63, 3.8) is 0 Å². The Bertz CT molecular complexity index is 176. The summed E-state index contributed by atoms with van der Waals surface area (Å²) >= 11 is 0. The van der Waals surface area contributed by atoms with Gasteiger partial charge in [0.2, 0.25) is 0 Å². The maximum Gasteiger partial charge on any atom is 0.0626 e. The first-order chi connectivity index (χ1) is 7.19. The molecule has 1 aliphatic heterocycles. The largest absolute Gasteiger partial charge is 0.395 e. The quantitative estimate of drug-likeness (QED) is 0.671. The molecule has 1 N–H and O–H groups in total. The van der Waals surface area contributed by atoms with Crippen LogP contribution in [0.3, 0.4) is 0 Å². The summed E-state index contributed by atoms with van der Waals surface area (Å²) in [6, 6.07) is 0.476. The lowest BCUT2D eigenvalue weighted by atomic mass is 10.0. The summed E-state index contributed by atoms with van der Waals surface area (Å²) in [5, 5.41) is 9.00. The second-order valence-electron chi connectivity index (χ2n) is 4.48. The molecule has 0 aromatic heterocycles. The molecule has 0 bridgehead atoms. The number of aliphatic hydroxyl groups excluding tert-OH is 1. The molecule has 4 nitrogen and oxygen atoms in total. The minimum Gasteiger partial charge on any atom is -0.395 e. The topological polar surface area (TPSA) is 35.9 Å². The third-order valence-electron chi connectivity index (χ3n) is 3.03. The molecule has 0 saturated carbocycles.